The van der Waals surface area contributed by atoms with Crippen LogP contribution in [-0.4, -0.2) is 15.8 Å². The average Bonchev–Trinajstić information content (AvgIpc) is 3.22. The first kappa shape index (κ1) is 16.9. The Balaban J connectivity index is 1.81. The average molecular weight is 375 g/mol. The minimum atomic E-state index is -0.517. The molecule has 7 heteroatoms. The predicted octanol–water partition coefficient (Wildman–Crippen LogP) is 5.12. The molecule has 0 aliphatic heterocycles. The molecule has 1 N–H and O–H groups in total. The van der Waals surface area contributed by atoms with Crippen LogP contribution >= 0.6 is 11.3 Å². The number of pyridine rings is 1. The summed E-state index contributed by atoms with van der Waals surface area (Å²) in [6, 6.07) is 19.0. The molecule has 27 heavy (non-hydrogen) atoms. The molecule has 1 amide bonds. The molecule has 0 aliphatic carbocycles. The maximum Gasteiger partial charge on any atom is 0.292 e. The van der Waals surface area contributed by atoms with E-state index in [0.29, 0.717) is 22.2 Å². The van der Waals surface area contributed by atoms with Gasteiger partial charge in [-0.2, -0.15) is 0 Å². The summed E-state index contributed by atoms with van der Waals surface area (Å²) in [5.41, 5.74) is 1.81. The number of nitro benzene ring substituents is 1. The molecule has 2 aromatic heterocycles. The van der Waals surface area contributed by atoms with Gasteiger partial charge in [0.05, 0.1) is 26.6 Å². The number of nitrogens with one attached hydrogen (secondary N) is 1. The Hall–Kier alpha value is -3.58. The third kappa shape index (κ3) is 3.28. The molecule has 0 spiro atoms. The minimum Gasteiger partial charge on any atom is -0.316 e. The van der Waals surface area contributed by atoms with Crippen LogP contribution in [0, 0.1) is 10.1 Å². The molecule has 0 unspecified atom stereocenters. The Morgan fingerprint density at radius 3 is 2.59 bits per heavy atom. The SMILES string of the molecule is O=C(Nc1ccccc1[N+](=O)[O-])c1cc(-c2cccs2)nc2ccccc12. The molecule has 132 valence electrons. The highest BCUT2D eigenvalue weighted by molar-refractivity contribution is 7.13. The van der Waals surface area contributed by atoms with E-state index >= 15 is 0 Å². The van der Waals surface area contributed by atoms with E-state index in [0.717, 1.165) is 4.88 Å². The second-order valence-corrected chi connectivity index (χ2v) is 6.73. The topological polar surface area (TPSA) is 85.1 Å². The van der Waals surface area contributed by atoms with E-state index in [1.165, 1.54) is 23.5 Å². The van der Waals surface area contributed by atoms with Crippen LogP contribution in [0.25, 0.3) is 21.5 Å². The number of nitrogens with zero attached hydrogens (tertiary/aromatic N) is 2. The number of hydrogen-bond acceptors (Lipinski definition) is 5. The van der Waals surface area contributed by atoms with Crippen LogP contribution in [0.5, 0.6) is 0 Å². The molecular weight excluding hydrogens is 362 g/mol. The summed E-state index contributed by atoms with van der Waals surface area (Å²) in [5, 5.41) is 16.5. The molecule has 0 atom stereocenters. The maximum atomic E-state index is 13.0. The number of aromatic nitrogens is 1. The van der Waals surface area contributed by atoms with E-state index in [1.54, 1.807) is 18.2 Å². The fourth-order valence-electron chi connectivity index (χ4n) is 2.84. The molecule has 0 radical (unpaired) electrons. The van der Waals surface area contributed by atoms with E-state index in [-0.39, 0.29) is 11.4 Å². The van der Waals surface area contributed by atoms with E-state index in [9.17, 15) is 14.9 Å². The lowest BCUT2D eigenvalue weighted by molar-refractivity contribution is -0.383. The van der Waals surface area contributed by atoms with Gasteiger partial charge in [-0.3, -0.25) is 14.9 Å². The van der Waals surface area contributed by atoms with Gasteiger partial charge in [-0.25, -0.2) is 4.98 Å². The summed E-state index contributed by atoms with van der Waals surface area (Å²) in [6.45, 7) is 0. The molecule has 0 fully saturated rings. The molecule has 0 saturated carbocycles. The van der Waals surface area contributed by atoms with Crippen LogP contribution < -0.4 is 5.32 Å². The van der Waals surface area contributed by atoms with Crippen LogP contribution in [-0.2, 0) is 0 Å². The molecule has 4 rings (SSSR count). The summed E-state index contributed by atoms with van der Waals surface area (Å²) in [5.74, 6) is -0.416. The lowest BCUT2D eigenvalue weighted by Crippen LogP contribution is -2.14. The Bertz CT molecular complexity index is 1160. The summed E-state index contributed by atoms with van der Waals surface area (Å²) in [6.07, 6.45) is 0. The molecule has 0 saturated heterocycles. The summed E-state index contributed by atoms with van der Waals surface area (Å²) >= 11 is 1.53. The van der Waals surface area contributed by atoms with Gasteiger partial charge in [0.25, 0.3) is 11.6 Å². The number of fused-ring (bicyclic) bond motifs is 1. The molecule has 4 aromatic rings. The second kappa shape index (κ2) is 6.97. The number of nitro groups is 1. The number of carbonyl (C=O) groups excluding carboxylic acids is 1. The molecule has 0 aliphatic rings. The zero-order valence-electron chi connectivity index (χ0n) is 14.0. The second-order valence-electron chi connectivity index (χ2n) is 5.78. The van der Waals surface area contributed by atoms with Gasteiger partial charge in [0.1, 0.15) is 5.69 Å². The molecule has 6 nitrogen and oxygen atoms in total. The first-order valence-electron chi connectivity index (χ1n) is 8.12. The highest BCUT2D eigenvalue weighted by Gasteiger charge is 2.18. The highest BCUT2D eigenvalue weighted by atomic mass is 32.1. The fraction of sp³-hybridized carbons (Fsp3) is 0. The number of para-hydroxylation sites is 3. The van der Waals surface area contributed by atoms with Crippen molar-refractivity contribution in [2.24, 2.45) is 0 Å². The Morgan fingerprint density at radius 2 is 1.81 bits per heavy atom. The first-order valence-corrected chi connectivity index (χ1v) is 9.00. The highest BCUT2D eigenvalue weighted by Crippen LogP contribution is 2.29. The van der Waals surface area contributed by atoms with E-state index < -0.39 is 10.8 Å². The monoisotopic (exact) mass is 375 g/mol. The quantitative estimate of drug-likeness (QED) is 0.396. The third-order valence-corrected chi connectivity index (χ3v) is 4.98. The van der Waals surface area contributed by atoms with Crippen molar-refractivity contribution < 1.29 is 9.72 Å². The lowest BCUT2D eigenvalue weighted by Gasteiger charge is -2.10. The molecule has 2 heterocycles. The normalized spacial score (nSPS) is 10.7. The third-order valence-electron chi connectivity index (χ3n) is 4.08. The Labute approximate surface area is 158 Å². The van der Waals surface area contributed by atoms with Crippen LogP contribution in [0.3, 0.4) is 0 Å². The van der Waals surface area contributed by atoms with Crippen molar-refractivity contribution in [2.45, 2.75) is 0 Å². The number of benzene rings is 2. The number of thiophene rings is 1. The van der Waals surface area contributed by atoms with E-state index in [4.69, 9.17) is 0 Å². The van der Waals surface area contributed by atoms with Crippen LogP contribution in [0.2, 0.25) is 0 Å². The molecule has 0 bridgehead atoms. The van der Waals surface area contributed by atoms with Gasteiger partial charge < -0.3 is 5.32 Å². The number of rotatable bonds is 4. The summed E-state index contributed by atoms with van der Waals surface area (Å²) in [4.78, 5) is 29.2. The number of amides is 1. The Kier molecular flexibility index (Phi) is 4.35. The van der Waals surface area contributed by atoms with Crippen LogP contribution in [0.1, 0.15) is 10.4 Å². The van der Waals surface area contributed by atoms with Gasteiger partial charge in [-0.05, 0) is 29.6 Å². The van der Waals surface area contributed by atoms with E-state index in [1.807, 2.05) is 41.8 Å². The van der Waals surface area contributed by atoms with Crippen molar-refractivity contribution >= 4 is 39.5 Å². The van der Waals surface area contributed by atoms with Gasteiger partial charge in [0.15, 0.2) is 0 Å². The van der Waals surface area contributed by atoms with Gasteiger partial charge in [-0.1, -0.05) is 36.4 Å². The molecule has 2 aromatic carbocycles. The first-order chi connectivity index (χ1) is 13.1. The van der Waals surface area contributed by atoms with Crippen molar-refractivity contribution in [3.63, 3.8) is 0 Å². The number of anilines is 1. The van der Waals surface area contributed by atoms with Crippen LogP contribution in [0.15, 0.2) is 72.1 Å². The summed E-state index contributed by atoms with van der Waals surface area (Å²) < 4.78 is 0. The van der Waals surface area contributed by atoms with Crippen molar-refractivity contribution in [2.75, 3.05) is 5.32 Å². The number of hydrogen-bond donors (Lipinski definition) is 1. The van der Waals surface area contributed by atoms with Crippen LogP contribution in [0.4, 0.5) is 11.4 Å². The fourth-order valence-corrected chi connectivity index (χ4v) is 3.53. The minimum absolute atomic E-state index is 0.150. The zero-order chi connectivity index (χ0) is 18.8. The summed E-state index contributed by atoms with van der Waals surface area (Å²) in [7, 11) is 0. The lowest BCUT2D eigenvalue weighted by atomic mass is 10.1. The largest absolute Gasteiger partial charge is 0.316 e. The number of carbonyl (C=O) groups is 1. The van der Waals surface area contributed by atoms with Gasteiger partial charge >= 0.3 is 0 Å². The van der Waals surface area contributed by atoms with Crippen molar-refractivity contribution in [1.29, 1.82) is 0 Å². The zero-order valence-corrected chi connectivity index (χ0v) is 14.8. The molecular formula is C20H13N3O3S. The van der Waals surface area contributed by atoms with Gasteiger partial charge in [-0.15, -0.1) is 11.3 Å². The van der Waals surface area contributed by atoms with Crippen molar-refractivity contribution in [1.82, 2.24) is 4.98 Å². The standard InChI is InChI=1S/C20H13N3O3S/c24-20(22-16-8-3-4-9-18(16)23(25)26)14-12-17(19-10-5-11-27-19)21-15-7-2-1-6-13(14)15/h1-12H,(H,22,24). The van der Waals surface area contributed by atoms with Crippen molar-refractivity contribution in [3.8, 4) is 10.6 Å². The predicted molar refractivity (Wildman–Crippen MR) is 106 cm³/mol. The van der Waals surface area contributed by atoms with Gasteiger partial charge in [0.2, 0.25) is 0 Å². The van der Waals surface area contributed by atoms with Crippen molar-refractivity contribution in [3.05, 3.63) is 87.8 Å². The Morgan fingerprint density at radius 1 is 1.04 bits per heavy atom. The maximum absolute atomic E-state index is 13.0. The smallest absolute Gasteiger partial charge is 0.292 e. The van der Waals surface area contributed by atoms with E-state index in [2.05, 4.69) is 10.3 Å². The van der Waals surface area contributed by atoms with Gasteiger partial charge in [0, 0.05) is 11.5 Å².